The van der Waals surface area contributed by atoms with Crippen molar-refractivity contribution in [2.45, 2.75) is 6.54 Å². The Morgan fingerprint density at radius 1 is 1.04 bits per heavy atom. The summed E-state index contributed by atoms with van der Waals surface area (Å²) in [4.78, 5) is 11.3. The first-order chi connectivity index (χ1) is 11.9. The molecule has 0 bridgehead atoms. The molecule has 4 aromatic rings. The molecular formula is C19H16N4O. The summed E-state index contributed by atoms with van der Waals surface area (Å²) in [5.41, 5.74) is 3.38. The first-order valence-corrected chi connectivity index (χ1v) is 7.71. The molecule has 5 nitrogen and oxygen atoms in total. The maximum Gasteiger partial charge on any atom is 0.237 e. The number of aromatic amines is 1. The lowest BCUT2D eigenvalue weighted by Crippen LogP contribution is -2.00. The van der Waals surface area contributed by atoms with E-state index in [9.17, 15) is 0 Å². The highest BCUT2D eigenvalue weighted by atomic mass is 16.5. The van der Waals surface area contributed by atoms with Gasteiger partial charge in [-0.3, -0.25) is 4.98 Å². The van der Waals surface area contributed by atoms with Crippen molar-refractivity contribution in [3.05, 3.63) is 78.9 Å². The summed E-state index contributed by atoms with van der Waals surface area (Å²) in [6, 6.07) is 16.2. The number of hydrogen-bond donors (Lipinski definition) is 2. The average molecular weight is 316 g/mol. The van der Waals surface area contributed by atoms with Gasteiger partial charge in [-0.2, -0.15) is 0 Å². The molecule has 2 aromatic carbocycles. The summed E-state index contributed by atoms with van der Waals surface area (Å²) < 4.78 is 5.71. The van der Waals surface area contributed by atoms with Gasteiger partial charge in [-0.25, -0.2) is 4.98 Å². The summed E-state index contributed by atoms with van der Waals surface area (Å²) >= 11 is 0. The van der Waals surface area contributed by atoms with Crippen molar-refractivity contribution >= 4 is 16.6 Å². The van der Waals surface area contributed by atoms with Crippen LogP contribution in [0.25, 0.3) is 10.9 Å². The van der Waals surface area contributed by atoms with Crippen LogP contribution in [0.4, 0.5) is 5.69 Å². The van der Waals surface area contributed by atoms with Crippen molar-refractivity contribution in [3.63, 3.8) is 0 Å². The molecule has 0 unspecified atom stereocenters. The topological polar surface area (TPSA) is 62.8 Å². The molecule has 2 aromatic heterocycles. The normalized spacial score (nSPS) is 10.7. The molecule has 4 rings (SSSR count). The Kier molecular flexibility index (Phi) is 3.81. The molecule has 0 amide bonds. The number of aromatic nitrogens is 3. The van der Waals surface area contributed by atoms with E-state index in [2.05, 4.69) is 44.5 Å². The van der Waals surface area contributed by atoms with Gasteiger partial charge in [0.2, 0.25) is 5.88 Å². The number of anilines is 1. The van der Waals surface area contributed by atoms with Gasteiger partial charge < -0.3 is 15.0 Å². The fourth-order valence-electron chi connectivity index (χ4n) is 2.63. The molecule has 0 aliphatic heterocycles. The fraction of sp³-hybridized carbons (Fsp3) is 0.0526. The van der Waals surface area contributed by atoms with Crippen molar-refractivity contribution in [3.8, 4) is 11.6 Å². The van der Waals surface area contributed by atoms with Crippen LogP contribution in [0.1, 0.15) is 5.56 Å². The third-order valence-corrected chi connectivity index (χ3v) is 3.76. The third kappa shape index (κ3) is 3.05. The summed E-state index contributed by atoms with van der Waals surface area (Å²) in [5.74, 6) is 1.20. The van der Waals surface area contributed by atoms with Crippen LogP contribution >= 0.6 is 0 Å². The molecule has 2 heterocycles. The van der Waals surface area contributed by atoms with E-state index < -0.39 is 0 Å². The van der Waals surface area contributed by atoms with Crippen LogP contribution in [-0.4, -0.2) is 15.0 Å². The number of hydrogen-bond acceptors (Lipinski definition) is 4. The quantitative estimate of drug-likeness (QED) is 0.574. The molecule has 118 valence electrons. The SMILES string of the molecule is c1cc(NCc2cccc3[nH]ccc23)cc(Oc2cnccn2)c1. The Bertz CT molecular complexity index is 950. The second-order valence-corrected chi connectivity index (χ2v) is 5.38. The van der Waals surface area contributed by atoms with Gasteiger partial charge in [0.15, 0.2) is 0 Å². The van der Waals surface area contributed by atoms with Crippen molar-refractivity contribution in [2.75, 3.05) is 5.32 Å². The number of nitrogens with one attached hydrogen (secondary N) is 2. The van der Waals surface area contributed by atoms with Crippen LogP contribution in [0.3, 0.4) is 0 Å². The van der Waals surface area contributed by atoms with Crippen molar-refractivity contribution in [1.29, 1.82) is 0 Å². The van der Waals surface area contributed by atoms with Crippen LogP contribution in [0.2, 0.25) is 0 Å². The van der Waals surface area contributed by atoms with Crippen LogP contribution in [0.5, 0.6) is 11.6 Å². The minimum atomic E-state index is 0.478. The maximum absolute atomic E-state index is 5.71. The zero-order chi connectivity index (χ0) is 16.2. The van der Waals surface area contributed by atoms with E-state index in [0.29, 0.717) is 5.88 Å². The van der Waals surface area contributed by atoms with E-state index in [-0.39, 0.29) is 0 Å². The largest absolute Gasteiger partial charge is 0.437 e. The second-order valence-electron chi connectivity index (χ2n) is 5.38. The number of fused-ring (bicyclic) bond motifs is 1. The summed E-state index contributed by atoms with van der Waals surface area (Å²) in [5, 5.41) is 4.67. The van der Waals surface area contributed by atoms with Crippen molar-refractivity contribution in [1.82, 2.24) is 15.0 Å². The molecule has 0 saturated carbocycles. The van der Waals surface area contributed by atoms with Crippen molar-refractivity contribution < 1.29 is 4.74 Å². The highest BCUT2D eigenvalue weighted by molar-refractivity contribution is 5.83. The number of ether oxygens (including phenoxy) is 1. The lowest BCUT2D eigenvalue weighted by molar-refractivity contribution is 0.460. The predicted molar refractivity (Wildman–Crippen MR) is 94.2 cm³/mol. The number of benzene rings is 2. The summed E-state index contributed by atoms with van der Waals surface area (Å²) in [6.07, 6.45) is 6.78. The molecule has 0 aliphatic rings. The van der Waals surface area contributed by atoms with Gasteiger partial charge in [0.1, 0.15) is 5.75 Å². The lowest BCUT2D eigenvalue weighted by atomic mass is 10.1. The first-order valence-electron chi connectivity index (χ1n) is 7.71. The Morgan fingerprint density at radius 2 is 2.00 bits per heavy atom. The molecule has 0 aliphatic carbocycles. The Labute approximate surface area is 139 Å². The maximum atomic E-state index is 5.71. The highest BCUT2D eigenvalue weighted by Crippen LogP contribution is 2.23. The molecule has 0 spiro atoms. The second kappa shape index (κ2) is 6.42. The molecule has 24 heavy (non-hydrogen) atoms. The fourth-order valence-corrected chi connectivity index (χ4v) is 2.63. The van der Waals surface area contributed by atoms with Crippen LogP contribution in [0, 0.1) is 0 Å². The van der Waals surface area contributed by atoms with Gasteiger partial charge in [0, 0.05) is 47.8 Å². The van der Waals surface area contributed by atoms with Crippen LogP contribution in [0.15, 0.2) is 73.3 Å². The minimum absolute atomic E-state index is 0.478. The average Bonchev–Trinajstić information content (AvgIpc) is 3.10. The lowest BCUT2D eigenvalue weighted by Gasteiger charge is -2.10. The first kappa shape index (κ1) is 14.3. The van der Waals surface area contributed by atoms with E-state index in [1.165, 1.54) is 10.9 Å². The van der Waals surface area contributed by atoms with Gasteiger partial charge in [-0.1, -0.05) is 18.2 Å². The molecule has 2 N–H and O–H groups in total. The minimum Gasteiger partial charge on any atom is -0.437 e. The van der Waals surface area contributed by atoms with E-state index in [1.807, 2.05) is 30.5 Å². The molecular weight excluding hydrogens is 300 g/mol. The van der Waals surface area contributed by atoms with E-state index in [1.54, 1.807) is 18.6 Å². The van der Waals surface area contributed by atoms with E-state index >= 15 is 0 Å². The summed E-state index contributed by atoms with van der Waals surface area (Å²) in [6.45, 7) is 0.740. The van der Waals surface area contributed by atoms with Gasteiger partial charge >= 0.3 is 0 Å². The zero-order valence-corrected chi connectivity index (χ0v) is 12.9. The summed E-state index contributed by atoms with van der Waals surface area (Å²) in [7, 11) is 0. The van der Waals surface area contributed by atoms with Crippen LogP contribution < -0.4 is 10.1 Å². The van der Waals surface area contributed by atoms with Crippen LogP contribution in [-0.2, 0) is 6.54 Å². The standard InChI is InChI=1S/C19H16N4O/c1-3-14(17-7-8-21-18(17)6-1)12-23-15-4-2-5-16(11-15)24-19-13-20-9-10-22-19/h1-11,13,21,23H,12H2. The number of H-pyrrole nitrogens is 1. The van der Waals surface area contributed by atoms with Gasteiger partial charge in [-0.15, -0.1) is 0 Å². The third-order valence-electron chi connectivity index (χ3n) is 3.76. The van der Waals surface area contributed by atoms with Crippen molar-refractivity contribution in [2.24, 2.45) is 0 Å². The number of rotatable bonds is 5. The molecule has 0 radical (unpaired) electrons. The zero-order valence-electron chi connectivity index (χ0n) is 12.9. The van der Waals surface area contributed by atoms with Gasteiger partial charge in [0.05, 0.1) is 6.20 Å². The monoisotopic (exact) mass is 316 g/mol. The van der Waals surface area contributed by atoms with Gasteiger partial charge in [0.25, 0.3) is 0 Å². The number of nitrogens with zero attached hydrogens (tertiary/aromatic N) is 2. The Morgan fingerprint density at radius 3 is 2.92 bits per heavy atom. The molecule has 5 heteroatoms. The predicted octanol–water partition coefficient (Wildman–Crippen LogP) is 4.36. The molecule has 0 fully saturated rings. The van der Waals surface area contributed by atoms with Gasteiger partial charge in [-0.05, 0) is 29.8 Å². The Hall–Kier alpha value is -3.34. The molecule has 0 atom stereocenters. The smallest absolute Gasteiger partial charge is 0.237 e. The molecule has 0 saturated heterocycles. The highest BCUT2D eigenvalue weighted by Gasteiger charge is 2.03. The van der Waals surface area contributed by atoms with E-state index in [4.69, 9.17) is 4.74 Å². The Balaban J connectivity index is 1.49. The van der Waals surface area contributed by atoms with E-state index in [0.717, 1.165) is 23.5 Å².